The van der Waals surface area contributed by atoms with Gasteiger partial charge in [-0.2, -0.15) is 10.6 Å². The van der Waals surface area contributed by atoms with E-state index in [1.807, 2.05) is 18.2 Å². The van der Waals surface area contributed by atoms with Crippen LogP contribution in [0.25, 0.3) is 0 Å². The van der Waals surface area contributed by atoms with Crippen molar-refractivity contribution in [2.24, 2.45) is 16.2 Å². The number of aryl methyl sites for hydroxylation is 1. The Bertz CT molecular complexity index is 1570. The Morgan fingerprint density at radius 3 is 2.81 bits per heavy atom. The summed E-state index contributed by atoms with van der Waals surface area (Å²) in [6.45, 7) is 8.29. The number of ether oxygens (including phenoxy) is 2. The maximum absolute atomic E-state index is 13.2. The summed E-state index contributed by atoms with van der Waals surface area (Å²) in [6, 6.07) is 11.9. The molecule has 1 saturated carbocycles. The van der Waals surface area contributed by atoms with E-state index in [1.165, 1.54) is 11.1 Å². The summed E-state index contributed by atoms with van der Waals surface area (Å²) in [5.41, 5.74) is 3.83. The second-order valence-electron chi connectivity index (χ2n) is 14.3. The molecule has 2 fully saturated rings. The van der Waals surface area contributed by atoms with Crippen LogP contribution in [0, 0.1) is 11.8 Å². The van der Waals surface area contributed by atoms with Crippen LogP contribution in [0.1, 0.15) is 60.0 Å². The van der Waals surface area contributed by atoms with E-state index >= 15 is 0 Å². The molecule has 2 aliphatic carbocycles. The van der Waals surface area contributed by atoms with Crippen molar-refractivity contribution < 1.29 is 18.5 Å². The fourth-order valence-corrected chi connectivity index (χ4v) is 9.23. The van der Waals surface area contributed by atoms with E-state index in [9.17, 15) is 9.00 Å². The van der Waals surface area contributed by atoms with Crippen LogP contribution in [-0.4, -0.2) is 93.6 Å². The zero-order valence-electron chi connectivity index (χ0n) is 27.6. The molecule has 2 bridgehead atoms. The maximum atomic E-state index is 13.2. The quantitative estimate of drug-likeness (QED) is 0.285. The van der Waals surface area contributed by atoms with Gasteiger partial charge < -0.3 is 27.8 Å². The topological polar surface area (TPSA) is 74.7 Å². The SMILES string of the molecule is CN1CCN(CCO[C@H]2/C=C/CCC[S-](=O)=NC(=O)c3ccc4c(c3)N(C[C@@H]3CC[C@H]32)C[C@@]2(CCCc3cc(Cl)ccc32)CO4)CC1. The Balaban J connectivity index is 1.19. The van der Waals surface area contributed by atoms with Crippen LogP contribution in [0.3, 0.4) is 0 Å². The highest BCUT2D eigenvalue weighted by Gasteiger charge is 2.44. The molecule has 47 heavy (non-hydrogen) atoms. The molecule has 5 aliphatic rings. The molecule has 10 heteroatoms. The number of carbonyl (C=O) groups is 1. The van der Waals surface area contributed by atoms with Crippen molar-refractivity contribution in [2.45, 2.75) is 56.5 Å². The van der Waals surface area contributed by atoms with Gasteiger partial charge in [0.05, 0.1) is 25.0 Å². The number of hydrogen-bond acceptors (Lipinski definition) is 8. The second-order valence-corrected chi connectivity index (χ2v) is 15.9. The molecule has 7 rings (SSSR count). The maximum Gasteiger partial charge on any atom is 0.254 e. The summed E-state index contributed by atoms with van der Waals surface area (Å²) >= 11 is 6.46. The minimum atomic E-state index is -1.57. The number of likely N-dealkylation sites (N-methyl/N-ethyl adjacent to an activating group) is 1. The Hall–Kier alpha value is -2.43. The van der Waals surface area contributed by atoms with Gasteiger partial charge in [0.1, 0.15) is 5.75 Å². The number of nitrogens with zero attached hydrogens (tertiary/aromatic N) is 4. The molecule has 0 N–H and O–H groups in total. The first kappa shape index (κ1) is 33.1. The van der Waals surface area contributed by atoms with E-state index in [1.54, 1.807) is 6.07 Å². The average Bonchev–Trinajstić information content (AvgIpc) is 3.20. The molecule has 1 saturated heterocycles. The average molecular weight is 680 g/mol. The normalized spacial score (nSPS) is 30.0. The molecular formula is C37H48ClN4O4S-. The van der Waals surface area contributed by atoms with Crippen LogP contribution in [0.5, 0.6) is 5.75 Å². The first-order valence-electron chi connectivity index (χ1n) is 17.5. The van der Waals surface area contributed by atoms with Crippen molar-refractivity contribution >= 4 is 33.8 Å². The Kier molecular flexibility index (Phi) is 10.3. The van der Waals surface area contributed by atoms with Crippen molar-refractivity contribution in [3.05, 3.63) is 70.3 Å². The number of amides is 1. The van der Waals surface area contributed by atoms with Crippen LogP contribution < -0.4 is 9.64 Å². The smallest absolute Gasteiger partial charge is 0.254 e. The van der Waals surface area contributed by atoms with Gasteiger partial charge in [0.25, 0.3) is 5.91 Å². The Morgan fingerprint density at radius 1 is 1.11 bits per heavy atom. The zero-order valence-corrected chi connectivity index (χ0v) is 29.2. The predicted octanol–water partition coefficient (Wildman–Crippen LogP) is 6.11. The lowest BCUT2D eigenvalue weighted by atomic mass is 9.68. The monoisotopic (exact) mass is 679 g/mol. The Morgan fingerprint density at radius 2 is 1.98 bits per heavy atom. The molecule has 1 amide bonds. The largest absolute Gasteiger partial charge is 0.490 e. The lowest BCUT2D eigenvalue weighted by Gasteiger charge is -2.46. The van der Waals surface area contributed by atoms with Crippen LogP contribution in [0.15, 0.2) is 52.9 Å². The summed E-state index contributed by atoms with van der Waals surface area (Å²) in [5.74, 6) is 1.59. The number of fused-ring (bicyclic) bond motifs is 4. The Labute approximate surface area is 286 Å². The predicted molar refractivity (Wildman–Crippen MR) is 188 cm³/mol. The number of carbonyl (C=O) groups excluding carboxylic acids is 1. The lowest BCUT2D eigenvalue weighted by Crippen LogP contribution is -2.50. The minimum Gasteiger partial charge on any atom is -0.490 e. The molecule has 8 nitrogen and oxygen atoms in total. The van der Waals surface area contributed by atoms with Crippen LogP contribution >= 0.6 is 11.6 Å². The van der Waals surface area contributed by atoms with Crippen molar-refractivity contribution in [2.75, 3.05) is 76.7 Å². The van der Waals surface area contributed by atoms with Crippen molar-refractivity contribution in [3.63, 3.8) is 0 Å². The fraction of sp³-hybridized carbons (Fsp3) is 0.595. The molecule has 3 aliphatic heterocycles. The molecular weight excluding hydrogens is 632 g/mol. The lowest BCUT2D eigenvalue weighted by molar-refractivity contribution is -0.0235. The van der Waals surface area contributed by atoms with Gasteiger partial charge in [-0.3, -0.25) is 9.69 Å². The number of halogens is 1. The van der Waals surface area contributed by atoms with E-state index in [4.69, 9.17) is 21.1 Å². The van der Waals surface area contributed by atoms with Crippen molar-refractivity contribution in [1.29, 1.82) is 0 Å². The van der Waals surface area contributed by atoms with Gasteiger partial charge in [0.15, 0.2) is 0 Å². The summed E-state index contributed by atoms with van der Waals surface area (Å²) in [5, 5.41) is 0.775. The summed E-state index contributed by atoms with van der Waals surface area (Å²) in [4.78, 5) is 20.6. The van der Waals surface area contributed by atoms with E-state index in [-0.39, 0.29) is 11.5 Å². The highest BCUT2D eigenvalue weighted by molar-refractivity contribution is 7.75. The third-order valence-electron chi connectivity index (χ3n) is 11.2. The molecule has 0 unspecified atom stereocenters. The van der Waals surface area contributed by atoms with Gasteiger partial charge in [0.2, 0.25) is 0 Å². The van der Waals surface area contributed by atoms with Gasteiger partial charge in [-0.25, -0.2) is 0 Å². The number of benzene rings is 2. The molecule has 0 aromatic heterocycles. The number of allylic oxidation sites excluding steroid dienone is 1. The highest BCUT2D eigenvalue weighted by atomic mass is 35.5. The van der Waals surface area contributed by atoms with Gasteiger partial charge in [-0.1, -0.05) is 42.0 Å². The molecule has 4 atom stereocenters. The molecule has 0 radical (unpaired) electrons. The van der Waals surface area contributed by atoms with E-state index in [2.05, 4.69) is 50.4 Å². The number of piperazine rings is 1. The van der Waals surface area contributed by atoms with Crippen LogP contribution in [0.2, 0.25) is 5.02 Å². The summed E-state index contributed by atoms with van der Waals surface area (Å²) < 4.78 is 30.2. The summed E-state index contributed by atoms with van der Waals surface area (Å²) in [6.07, 6.45) is 11.4. The van der Waals surface area contributed by atoms with E-state index < -0.39 is 16.5 Å². The molecule has 3 heterocycles. The molecule has 2 aromatic rings. The third-order valence-corrected chi connectivity index (χ3v) is 12.4. The van der Waals surface area contributed by atoms with Gasteiger partial charge >= 0.3 is 0 Å². The summed E-state index contributed by atoms with van der Waals surface area (Å²) in [7, 11) is 0.622. The van der Waals surface area contributed by atoms with E-state index in [0.29, 0.717) is 36.2 Å². The molecule has 254 valence electrons. The number of anilines is 1. The second kappa shape index (κ2) is 14.6. The molecule has 2 aromatic carbocycles. The molecule has 1 spiro atoms. The first-order valence-corrected chi connectivity index (χ1v) is 19.2. The fourth-order valence-electron chi connectivity index (χ4n) is 8.24. The van der Waals surface area contributed by atoms with Crippen LogP contribution in [0.4, 0.5) is 5.69 Å². The highest BCUT2D eigenvalue weighted by Crippen LogP contribution is 2.47. The van der Waals surface area contributed by atoms with Gasteiger partial charge in [-0.15, -0.1) is 0 Å². The third kappa shape index (κ3) is 7.44. The number of rotatable bonds is 4. The van der Waals surface area contributed by atoms with Gasteiger partial charge in [0, 0.05) is 61.8 Å². The first-order chi connectivity index (χ1) is 22.9. The van der Waals surface area contributed by atoms with Gasteiger partial charge in [-0.05, 0) is 98.9 Å². The van der Waals surface area contributed by atoms with E-state index in [0.717, 1.165) is 107 Å². The minimum absolute atomic E-state index is 0.0476. The van der Waals surface area contributed by atoms with Crippen LogP contribution in [-0.2, 0) is 31.4 Å². The standard InChI is InChI=1S/C37H48ClN4O4S/c1-40-15-17-41(18-16-40)19-20-45-34-7-3-2-4-21-47(44)39-36(43)28-9-13-35-33(23-28)42(24-29-8-11-31(29)34)25-37(26-46-35)14-5-6-27-22-30(38)10-12-32(27)37/h3,7,9-10,12-13,22-23,29,31,34H,2,4-6,8,11,14-21,24-26H2,1H3/q-1/b7-3+/t29-,31+,34-,37-/m0/s1. The van der Waals surface area contributed by atoms with Crippen molar-refractivity contribution in [1.82, 2.24) is 9.80 Å². The zero-order chi connectivity index (χ0) is 32.4. The van der Waals surface area contributed by atoms with Crippen molar-refractivity contribution in [3.8, 4) is 5.75 Å². The number of hydrogen-bond donors (Lipinski definition) is 0.